The Labute approximate surface area is 188 Å². The average Bonchev–Trinajstić information content (AvgIpc) is 2.81. The molecular weight excluding hydrogens is 404 g/mol. The monoisotopic (exact) mass is 436 g/mol. The van der Waals surface area contributed by atoms with Crippen LogP contribution in [0.3, 0.4) is 0 Å². The quantitative estimate of drug-likeness (QED) is 0.427. The van der Waals surface area contributed by atoms with Gasteiger partial charge in [0.05, 0.1) is 10.9 Å². The van der Waals surface area contributed by atoms with E-state index in [9.17, 15) is 14.4 Å². The Kier molecular flexibility index (Phi) is 8.66. The Morgan fingerprint density at radius 3 is 2.50 bits per heavy atom. The van der Waals surface area contributed by atoms with E-state index >= 15 is 0 Å². The Morgan fingerprint density at radius 2 is 1.72 bits per heavy atom. The number of fused-ring (bicyclic) bond motifs is 1. The van der Waals surface area contributed by atoms with E-state index in [4.69, 9.17) is 0 Å². The van der Waals surface area contributed by atoms with Crippen molar-refractivity contribution in [1.82, 2.24) is 14.9 Å². The average molecular weight is 437 g/mol. The van der Waals surface area contributed by atoms with Gasteiger partial charge in [0.25, 0.3) is 5.56 Å². The summed E-state index contributed by atoms with van der Waals surface area (Å²) in [5, 5.41) is 3.50. The molecule has 32 heavy (non-hydrogen) atoms. The summed E-state index contributed by atoms with van der Waals surface area (Å²) in [6, 6.07) is 17.3. The third-order valence-electron chi connectivity index (χ3n) is 5.60. The van der Waals surface area contributed by atoms with Crippen molar-refractivity contribution in [1.29, 1.82) is 0 Å². The topological polar surface area (TPSA) is 87.2 Å². The van der Waals surface area contributed by atoms with Gasteiger partial charge in [0.1, 0.15) is 0 Å². The van der Waals surface area contributed by atoms with Crippen LogP contribution in [0.4, 0.5) is 5.69 Å². The number of aromatic amines is 1. The van der Waals surface area contributed by atoms with Gasteiger partial charge in [0, 0.05) is 38.3 Å². The summed E-state index contributed by atoms with van der Waals surface area (Å²) in [5.74, 6) is 0.0495. The summed E-state index contributed by atoms with van der Waals surface area (Å²) in [5.41, 5.74) is 1.11. The molecule has 3 aromatic rings. The number of benzene rings is 2. The zero-order valence-electron chi connectivity index (χ0n) is 18.7. The first-order valence-electron chi connectivity index (χ1n) is 11.4. The van der Waals surface area contributed by atoms with Gasteiger partial charge in [-0.15, -0.1) is 0 Å². The number of anilines is 1. The lowest BCUT2D eigenvalue weighted by Crippen LogP contribution is -2.35. The number of hydrogen-bond acceptors (Lipinski definition) is 4. The number of unbranched alkanes of at least 4 members (excludes halogenated alkanes) is 2. The highest BCUT2D eigenvalue weighted by molar-refractivity contribution is 5.77. The van der Waals surface area contributed by atoms with Crippen LogP contribution in [0, 0.1) is 0 Å². The summed E-state index contributed by atoms with van der Waals surface area (Å²) < 4.78 is 1.24. The van der Waals surface area contributed by atoms with Crippen LogP contribution < -0.4 is 21.5 Å². The largest absolute Gasteiger partial charge is 0.372 e. The van der Waals surface area contributed by atoms with Crippen LogP contribution in [0.25, 0.3) is 10.9 Å². The minimum Gasteiger partial charge on any atom is -0.372 e. The molecule has 1 aromatic heterocycles. The van der Waals surface area contributed by atoms with Crippen molar-refractivity contribution in [2.24, 2.45) is 0 Å². The lowest BCUT2D eigenvalue weighted by Gasteiger charge is -2.23. The number of nitrogens with one attached hydrogen (secondary N) is 2. The SMILES string of the molecule is CCN(CCCNC(=O)CCCCCn1c(=O)[nH]c2ccccc2c1=O)c1ccccc1. The van der Waals surface area contributed by atoms with Gasteiger partial charge in [-0.05, 0) is 50.5 Å². The van der Waals surface area contributed by atoms with Crippen molar-refractivity contribution in [3.63, 3.8) is 0 Å². The van der Waals surface area contributed by atoms with Crippen LogP contribution in [0.5, 0.6) is 0 Å². The van der Waals surface area contributed by atoms with Crippen LogP contribution in [-0.4, -0.2) is 35.1 Å². The van der Waals surface area contributed by atoms with Gasteiger partial charge in [-0.25, -0.2) is 4.79 Å². The molecule has 0 saturated carbocycles. The Morgan fingerprint density at radius 1 is 0.969 bits per heavy atom. The maximum absolute atomic E-state index is 12.5. The number of carbonyl (C=O) groups excluding carboxylic acids is 1. The Balaban J connectivity index is 1.33. The molecule has 2 aromatic carbocycles. The number of nitrogens with zero attached hydrogens (tertiary/aromatic N) is 2. The lowest BCUT2D eigenvalue weighted by molar-refractivity contribution is -0.121. The number of para-hydroxylation sites is 2. The molecule has 0 spiro atoms. The van der Waals surface area contributed by atoms with Crippen molar-refractivity contribution in [3.05, 3.63) is 75.4 Å². The molecule has 7 nitrogen and oxygen atoms in total. The molecule has 0 bridgehead atoms. The summed E-state index contributed by atoms with van der Waals surface area (Å²) in [6.07, 6.45) is 3.54. The number of carbonyl (C=O) groups is 1. The van der Waals surface area contributed by atoms with E-state index in [1.54, 1.807) is 24.3 Å². The van der Waals surface area contributed by atoms with Crippen molar-refractivity contribution in [2.45, 2.75) is 45.6 Å². The first kappa shape index (κ1) is 23.3. The third-order valence-corrected chi connectivity index (χ3v) is 5.60. The number of hydrogen-bond donors (Lipinski definition) is 2. The lowest BCUT2D eigenvalue weighted by atomic mass is 10.2. The number of rotatable bonds is 12. The molecule has 1 heterocycles. The summed E-state index contributed by atoms with van der Waals surface area (Å²) in [7, 11) is 0. The van der Waals surface area contributed by atoms with E-state index in [-0.39, 0.29) is 17.2 Å². The Hall–Kier alpha value is -3.35. The molecule has 3 rings (SSSR count). The maximum atomic E-state index is 12.5. The fraction of sp³-hybridized carbons (Fsp3) is 0.400. The van der Waals surface area contributed by atoms with Gasteiger partial charge >= 0.3 is 5.69 Å². The van der Waals surface area contributed by atoms with Crippen LogP contribution in [0.2, 0.25) is 0 Å². The highest BCUT2D eigenvalue weighted by atomic mass is 16.2. The van der Waals surface area contributed by atoms with E-state index in [1.165, 1.54) is 10.3 Å². The van der Waals surface area contributed by atoms with Crippen molar-refractivity contribution >= 4 is 22.5 Å². The second kappa shape index (κ2) is 11.9. The summed E-state index contributed by atoms with van der Waals surface area (Å²) in [6.45, 7) is 4.97. The van der Waals surface area contributed by atoms with E-state index in [0.29, 0.717) is 36.8 Å². The molecule has 1 amide bonds. The molecule has 0 aliphatic heterocycles. The van der Waals surface area contributed by atoms with Crippen LogP contribution in [0.1, 0.15) is 39.0 Å². The maximum Gasteiger partial charge on any atom is 0.328 e. The highest BCUT2D eigenvalue weighted by Crippen LogP contribution is 2.12. The minimum atomic E-state index is -0.386. The summed E-state index contributed by atoms with van der Waals surface area (Å²) >= 11 is 0. The normalized spacial score (nSPS) is 10.9. The number of aromatic nitrogens is 2. The van der Waals surface area contributed by atoms with Crippen molar-refractivity contribution < 1.29 is 4.79 Å². The zero-order valence-corrected chi connectivity index (χ0v) is 18.7. The molecule has 2 N–H and O–H groups in total. The molecule has 170 valence electrons. The van der Waals surface area contributed by atoms with E-state index in [2.05, 4.69) is 34.3 Å². The molecule has 0 atom stereocenters. The highest BCUT2D eigenvalue weighted by Gasteiger charge is 2.08. The fourth-order valence-corrected chi connectivity index (χ4v) is 3.83. The predicted molar refractivity (Wildman–Crippen MR) is 129 cm³/mol. The molecule has 0 unspecified atom stereocenters. The van der Waals surface area contributed by atoms with Gasteiger partial charge in [-0.1, -0.05) is 36.8 Å². The number of amides is 1. The van der Waals surface area contributed by atoms with Crippen LogP contribution >= 0.6 is 0 Å². The smallest absolute Gasteiger partial charge is 0.328 e. The first-order valence-corrected chi connectivity index (χ1v) is 11.4. The van der Waals surface area contributed by atoms with Gasteiger partial charge in [-0.2, -0.15) is 0 Å². The van der Waals surface area contributed by atoms with Gasteiger partial charge in [0.2, 0.25) is 5.91 Å². The molecule has 0 aliphatic carbocycles. The Bertz CT molecular complexity index is 1120. The fourth-order valence-electron chi connectivity index (χ4n) is 3.83. The second-order valence-electron chi connectivity index (χ2n) is 7.86. The standard InChI is InChI=1S/C25H32N4O3/c1-2-28(20-12-5-3-6-13-20)18-11-17-26-23(30)16-7-4-10-19-29-24(31)21-14-8-9-15-22(21)27-25(29)32/h3,5-6,8-9,12-15H,2,4,7,10-11,16-19H2,1H3,(H,26,30)(H,27,32). The third kappa shape index (κ3) is 6.33. The van der Waals surface area contributed by atoms with Gasteiger partial charge in [-0.3, -0.25) is 14.2 Å². The minimum absolute atomic E-state index is 0.0495. The molecule has 0 radical (unpaired) electrons. The van der Waals surface area contributed by atoms with Crippen LogP contribution in [-0.2, 0) is 11.3 Å². The molecule has 0 saturated heterocycles. The van der Waals surface area contributed by atoms with Crippen molar-refractivity contribution in [3.8, 4) is 0 Å². The predicted octanol–water partition coefficient (Wildman–Crippen LogP) is 3.28. The second-order valence-corrected chi connectivity index (χ2v) is 7.86. The molecule has 0 aliphatic rings. The summed E-state index contributed by atoms with van der Waals surface area (Å²) in [4.78, 5) is 41.8. The first-order chi connectivity index (χ1) is 15.6. The van der Waals surface area contributed by atoms with Gasteiger partial charge < -0.3 is 15.2 Å². The van der Waals surface area contributed by atoms with E-state index in [0.717, 1.165) is 32.4 Å². The number of H-pyrrole nitrogens is 1. The van der Waals surface area contributed by atoms with Gasteiger partial charge in [0.15, 0.2) is 0 Å². The zero-order chi connectivity index (χ0) is 22.8. The van der Waals surface area contributed by atoms with E-state index < -0.39 is 0 Å². The molecular formula is C25H32N4O3. The van der Waals surface area contributed by atoms with E-state index in [1.807, 2.05) is 18.2 Å². The van der Waals surface area contributed by atoms with Crippen LogP contribution in [0.15, 0.2) is 64.2 Å². The molecule has 0 fully saturated rings. The van der Waals surface area contributed by atoms with Crippen molar-refractivity contribution in [2.75, 3.05) is 24.5 Å². The molecule has 7 heteroatoms.